The van der Waals surface area contributed by atoms with Gasteiger partial charge in [-0.15, -0.1) is 0 Å². The third kappa shape index (κ3) is 2.23. The predicted molar refractivity (Wildman–Crippen MR) is 78.4 cm³/mol. The standard InChI is InChI=1S/C17H16O3/c1-11-15-10-13(18)5-8-16(15)20-17(11)9-12-3-6-14(19-2)7-4-12/h3-8,10,18H,9H2,1-2H3. The van der Waals surface area contributed by atoms with Gasteiger partial charge in [0.15, 0.2) is 0 Å². The van der Waals surface area contributed by atoms with Crippen molar-refractivity contribution in [2.24, 2.45) is 0 Å². The molecule has 0 saturated heterocycles. The summed E-state index contributed by atoms with van der Waals surface area (Å²) in [6.07, 6.45) is 0.727. The van der Waals surface area contributed by atoms with Crippen LogP contribution in [0, 0.1) is 6.92 Å². The molecular weight excluding hydrogens is 252 g/mol. The van der Waals surface area contributed by atoms with Crippen LogP contribution < -0.4 is 4.74 Å². The lowest BCUT2D eigenvalue weighted by Crippen LogP contribution is -1.89. The highest BCUT2D eigenvalue weighted by Gasteiger charge is 2.11. The summed E-state index contributed by atoms with van der Waals surface area (Å²) in [5.74, 6) is 2.04. The van der Waals surface area contributed by atoms with Gasteiger partial charge in [0.25, 0.3) is 0 Å². The predicted octanol–water partition coefficient (Wildman–Crippen LogP) is 4.05. The second-order valence-electron chi connectivity index (χ2n) is 4.86. The Morgan fingerprint density at radius 3 is 2.55 bits per heavy atom. The molecule has 3 aromatic rings. The molecule has 0 spiro atoms. The van der Waals surface area contributed by atoms with Crippen LogP contribution >= 0.6 is 0 Å². The molecule has 0 atom stereocenters. The van der Waals surface area contributed by atoms with Crippen molar-refractivity contribution >= 4 is 11.0 Å². The van der Waals surface area contributed by atoms with Gasteiger partial charge in [-0.3, -0.25) is 0 Å². The number of aromatic hydroxyl groups is 1. The summed E-state index contributed by atoms with van der Waals surface area (Å²) in [5, 5.41) is 10.5. The van der Waals surface area contributed by atoms with Crippen molar-refractivity contribution in [3.05, 3.63) is 59.4 Å². The Morgan fingerprint density at radius 1 is 1.10 bits per heavy atom. The molecule has 0 bridgehead atoms. The van der Waals surface area contributed by atoms with Crippen LogP contribution in [-0.4, -0.2) is 12.2 Å². The van der Waals surface area contributed by atoms with Crippen molar-refractivity contribution in [3.63, 3.8) is 0 Å². The highest BCUT2D eigenvalue weighted by molar-refractivity contribution is 5.83. The maximum absolute atomic E-state index is 9.56. The molecular formula is C17H16O3. The summed E-state index contributed by atoms with van der Waals surface area (Å²) in [5.41, 5.74) is 3.05. The van der Waals surface area contributed by atoms with Gasteiger partial charge in [-0.1, -0.05) is 12.1 Å². The Balaban J connectivity index is 1.95. The molecule has 3 rings (SSSR count). The molecule has 0 amide bonds. The Labute approximate surface area is 117 Å². The lowest BCUT2D eigenvalue weighted by atomic mass is 10.1. The Morgan fingerprint density at radius 2 is 1.85 bits per heavy atom. The normalized spacial score (nSPS) is 10.9. The van der Waals surface area contributed by atoms with Crippen molar-refractivity contribution < 1.29 is 14.3 Å². The number of fused-ring (bicyclic) bond motifs is 1. The van der Waals surface area contributed by atoms with Gasteiger partial charge in [0, 0.05) is 11.8 Å². The molecule has 0 saturated carbocycles. The van der Waals surface area contributed by atoms with Crippen molar-refractivity contribution in [2.45, 2.75) is 13.3 Å². The molecule has 1 aromatic heterocycles. The third-order valence-corrected chi connectivity index (χ3v) is 3.54. The lowest BCUT2D eigenvalue weighted by molar-refractivity contribution is 0.414. The second-order valence-corrected chi connectivity index (χ2v) is 4.86. The third-order valence-electron chi connectivity index (χ3n) is 3.54. The van der Waals surface area contributed by atoms with E-state index in [2.05, 4.69) is 0 Å². The van der Waals surface area contributed by atoms with E-state index >= 15 is 0 Å². The molecule has 1 heterocycles. The van der Waals surface area contributed by atoms with Gasteiger partial charge in [-0.05, 0) is 48.4 Å². The van der Waals surface area contributed by atoms with Crippen LogP contribution in [0.5, 0.6) is 11.5 Å². The highest BCUT2D eigenvalue weighted by atomic mass is 16.5. The molecule has 3 nitrogen and oxygen atoms in total. The Hall–Kier alpha value is -2.42. The summed E-state index contributed by atoms with van der Waals surface area (Å²) < 4.78 is 11.0. The second kappa shape index (κ2) is 4.93. The van der Waals surface area contributed by atoms with Gasteiger partial charge in [-0.2, -0.15) is 0 Å². The monoisotopic (exact) mass is 268 g/mol. The smallest absolute Gasteiger partial charge is 0.134 e. The molecule has 20 heavy (non-hydrogen) atoms. The summed E-state index contributed by atoms with van der Waals surface area (Å²) >= 11 is 0. The molecule has 0 fully saturated rings. The van der Waals surface area contributed by atoms with Crippen molar-refractivity contribution in [1.82, 2.24) is 0 Å². The molecule has 2 aromatic carbocycles. The number of methoxy groups -OCH3 is 1. The van der Waals surface area contributed by atoms with E-state index in [1.165, 1.54) is 0 Å². The number of phenols is 1. The van der Waals surface area contributed by atoms with Gasteiger partial charge in [0.1, 0.15) is 22.8 Å². The average Bonchev–Trinajstić information content (AvgIpc) is 2.76. The minimum atomic E-state index is 0.261. The molecule has 0 unspecified atom stereocenters. The van der Waals surface area contributed by atoms with Crippen LogP contribution in [0.4, 0.5) is 0 Å². The number of aryl methyl sites for hydroxylation is 1. The van der Waals surface area contributed by atoms with Gasteiger partial charge >= 0.3 is 0 Å². The minimum absolute atomic E-state index is 0.261. The van der Waals surface area contributed by atoms with Gasteiger partial charge < -0.3 is 14.3 Å². The average molecular weight is 268 g/mol. The number of hydrogen-bond donors (Lipinski definition) is 1. The van der Waals surface area contributed by atoms with E-state index in [0.29, 0.717) is 0 Å². The molecule has 102 valence electrons. The zero-order valence-corrected chi connectivity index (χ0v) is 11.5. The fourth-order valence-electron chi connectivity index (χ4n) is 2.36. The van der Waals surface area contributed by atoms with E-state index in [1.807, 2.05) is 31.2 Å². The first-order valence-electron chi connectivity index (χ1n) is 6.51. The first kappa shape index (κ1) is 12.6. The molecule has 0 aliphatic rings. The van der Waals surface area contributed by atoms with Crippen LogP contribution in [0.1, 0.15) is 16.9 Å². The first-order valence-corrected chi connectivity index (χ1v) is 6.51. The van der Waals surface area contributed by atoms with Crippen LogP contribution in [-0.2, 0) is 6.42 Å². The number of benzene rings is 2. The Kier molecular flexibility index (Phi) is 3.11. The van der Waals surface area contributed by atoms with Gasteiger partial charge in [-0.25, -0.2) is 0 Å². The van der Waals surface area contributed by atoms with E-state index in [0.717, 1.165) is 40.0 Å². The first-order chi connectivity index (χ1) is 9.67. The van der Waals surface area contributed by atoms with Crippen LogP contribution in [0.25, 0.3) is 11.0 Å². The molecule has 0 radical (unpaired) electrons. The summed E-state index contributed by atoms with van der Waals surface area (Å²) in [4.78, 5) is 0. The largest absolute Gasteiger partial charge is 0.508 e. The quantitative estimate of drug-likeness (QED) is 0.779. The summed E-state index contributed by atoms with van der Waals surface area (Å²) in [7, 11) is 1.66. The fourth-order valence-corrected chi connectivity index (χ4v) is 2.36. The highest BCUT2D eigenvalue weighted by Crippen LogP contribution is 2.29. The van der Waals surface area contributed by atoms with Crippen LogP contribution in [0.2, 0.25) is 0 Å². The number of ether oxygens (including phenoxy) is 1. The van der Waals surface area contributed by atoms with E-state index in [-0.39, 0.29) is 5.75 Å². The van der Waals surface area contributed by atoms with Gasteiger partial charge in [0.05, 0.1) is 7.11 Å². The van der Waals surface area contributed by atoms with E-state index in [1.54, 1.807) is 25.3 Å². The molecule has 1 N–H and O–H groups in total. The molecule has 0 aliphatic heterocycles. The molecule has 3 heteroatoms. The van der Waals surface area contributed by atoms with Gasteiger partial charge in [0.2, 0.25) is 0 Å². The van der Waals surface area contributed by atoms with Crippen LogP contribution in [0.15, 0.2) is 46.9 Å². The maximum atomic E-state index is 9.56. The minimum Gasteiger partial charge on any atom is -0.508 e. The number of furan rings is 1. The zero-order chi connectivity index (χ0) is 14.1. The van der Waals surface area contributed by atoms with Crippen molar-refractivity contribution in [1.29, 1.82) is 0 Å². The maximum Gasteiger partial charge on any atom is 0.134 e. The number of rotatable bonds is 3. The number of phenolic OH excluding ortho intramolecular Hbond substituents is 1. The summed E-state index contributed by atoms with van der Waals surface area (Å²) in [6.45, 7) is 2.02. The van der Waals surface area contributed by atoms with Crippen molar-refractivity contribution in [3.8, 4) is 11.5 Å². The fraction of sp³-hybridized carbons (Fsp3) is 0.176. The topological polar surface area (TPSA) is 42.6 Å². The SMILES string of the molecule is COc1ccc(Cc2oc3ccc(O)cc3c2C)cc1. The zero-order valence-electron chi connectivity index (χ0n) is 11.5. The van der Waals surface area contributed by atoms with E-state index in [4.69, 9.17) is 9.15 Å². The molecule has 0 aliphatic carbocycles. The van der Waals surface area contributed by atoms with E-state index < -0.39 is 0 Å². The lowest BCUT2D eigenvalue weighted by Gasteiger charge is -2.02. The summed E-state index contributed by atoms with van der Waals surface area (Å²) in [6, 6.07) is 13.1. The Bertz CT molecular complexity index is 739. The van der Waals surface area contributed by atoms with Crippen molar-refractivity contribution in [2.75, 3.05) is 7.11 Å². The number of hydrogen-bond acceptors (Lipinski definition) is 3. The van der Waals surface area contributed by atoms with E-state index in [9.17, 15) is 5.11 Å². The van der Waals surface area contributed by atoms with Crippen LogP contribution in [0.3, 0.4) is 0 Å².